The molecule has 1 aromatic rings. The molecule has 2 bridgehead atoms. The molecule has 0 amide bonds. The van der Waals surface area contributed by atoms with Gasteiger partial charge in [-0.1, -0.05) is 0 Å². The monoisotopic (exact) mass is 271 g/mol. The van der Waals surface area contributed by atoms with Crippen LogP contribution < -0.4 is 4.90 Å². The summed E-state index contributed by atoms with van der Waals surface area (Å²) in [6.45, 7) is 0. The Hall–Kier alpha value is -1.66. The number of anilines is 1. The number of halogens is 3. The van der Waals surface area contributed by atoms with Gasteiger partial charge in [0.15, 0.2) is 0 Å². The first kappa shape index (κ1) is 12.4. The van der Waals surface area contributed by atoms with Crippen molar-refractivity contribution in [3.05, 3.63) is 18.0 Å². The molecule has 4 nitrogen and oxygen atoms in total. The molecular formula is C12H12F3N3O. The molecule has 0 N–H and O–H groups in total. The van der Waals surface area contributed by atoms with E-state index in [9.17, 15) is 18.0 Å². The standard InChI is InChI=1S/C12H12F3N3O/c13-12(14,15)7-5-16-11(17-6-7)18-8-1-2-9(18)4-10(19)3-8/h5-6,8-9H,1-4H2. The first-order valence-electron chi connectivity index (χ1n) is 6.14. The highest BCUT2D eigenvalue weighted by Crippen LogP contribution is 2.36. The Balaban J connectivity index is 1.86. The molecule has 7 heteroatoms. The second-order valence-electron chi connectivity index (χ2n) is 5.01. The number of piperidine rings is 1. The Morgan fingerprint density at radius 3 is 2.11 bits per heavy atom. The number of hydrogen-bond acceptors (Lipinski definition) is 4. The van der Waals surface area contributed by atoms with Gasteiger partial charge >= 0.3 is 6.18 Å². The van der Waals surface area contributed by atoms with Gasteiger partial charge < -0.3 is 4.90 Å². The summed E-state index contributed by atoms with van der Waals surface area (Å²) in [4.78, 5) is 21.0. The van der Waals surface area contributed by atoms with Gasteiger partial charge in [0.1, 0.15) is 5.78 Å². The molecule has 2 atom stereocenters. The topological polar surface area (TPSA) is 46.1 Å². The van der Waals surface area contributed by atoms with E-state index in [1.807, 2.05) is 4.90 Å². The van der Waals surface area contributed by atoms with Crippen molar-refractivity contribution in [3.63, 3.8) is 0 Å². The van der Waals surface area contributed by atoms with Crippen LogP contribution in [0, 0.1) is 0 Å². The van der Waals surface area contributed by atoms with Crippen LogP contribution in [0.15, 0.2) is 12.4 Å². The molecule has 2 aliphatic heterocycles. The van der Waals surface area contributed by atoms with Crippen molar-refractivity contribution in [2.24, 2.45) is 0 Å². The molecule has 2 saturated heterocycles. The molecule has 0 saturated carbocycles. The van der Waals surface area contributed by atoms with E-state index < -0.39 is 11.7 Å². The summed E-state index contributed by atoms with van der Waals surface area (Å²) in [5.41, 5.74) is -0.850. The number of hydrogen-bond donors (Lipinski definition) is 0. The number of fused-ring (bicyclic) bond motifs is 2. The summed E-state index contributed by atoms with van der Waals surface area (Å²) in [7, 11) is 0. The fraction of sp³-hybridized carbons (Fsp3) is 0.583. The quantitative estimate of drug-likeness (QED) is 0.785. The lowest BCUT2D eigenvalue weighted by Crippen LogP contribution is -2.44. The fourth-order valence-corrected chi connectivity index (χ4v) is 2.90. The average molecular weight is 271 g/mol. The molecule has 0 aliphatic carbocycles. The van der Waals surface area contributed by atoms with E-state index in [-0.39, 0.29) is 17.9 Å². The van der Waals surface area contributed by atoms with Crippen molar-refractivity contribution in [2.75, 3.05) is 4.90 Å². The molecule has 2 aliphatic rings. The number of aromatic nitrogens is 2. The van der Waals surface area contributed by atoms with E-state index in [0.29, 0.717) is 18.8 Å². The normalized spacial score (nSPS) is 26.9. The van der Waals surface area contributed by atoms with Crippen LogP contribution in [0.5, 0.6) is 0 Å². The third-order valence-corrected chi connectivity index (χ3v) is 3.74. The van der Waals surface area contributed by atoms with Crippen molar-refractivity contribution in [2.45, 2.75) is 43.9 Å². The minimum atomic E-state index is -4.42. The van der Waals surface area contributed by atoms with Gasteiger partial charge in [0.25, 0.3) is 0 Å². The first-order chi connectivity index (χ1) is 8.95. The average Bonchev–Trinajstić information content (AvgIpc) is 2.61. The van der Waals surface area contributed by atoms with Crippen molar-refractivity contribution in [1.82, 2.24) is 9.97 Å². The SMILES string of the molecule is O=C1CC2CCC(C1)N2c1ncc(C(F)(F)F)cn1. The van der Waals surface area contributed by atoms with Gasteiger partial charge in [-0.25, -0.2) is 9.97 Å². The van der Waals surface area contributed by atoms with E-state index in [2.05, 4.69) is 9.97 Å². The number of rotatable bonds is 1. The van der Waals surface area contributed by atoms with Gasteiger partial charge in [0.2, 0.25) is 5.95 Å². The van der Waals surface area contributed by atoms with Gasteiger partial charge in [-0.3, -0.25) is 4.79 Å². The smallest absolute Gasteiger partial charge is 0.334 e. The van der Waals surface area contributed by atoms with E-state index in [1.165, 1.54) is 0 Å². The van der Waals surface area contributed by atoms with Gasteiger partial charge in [0, 0.05) is 37.3 Å². The maximum atomic E-state index is 12.4. The zero-order valence-corrected chi connectivity index (χ0v) is 10.0. The lowest BCUT2D eigenvalue weighted by Gasteiger charge is -2.33. The molecule has 0 aromatic carbocycles. The van der Waals surface area contributed by atoms with Crippen LogP contribution in [-0.4, -0.2) is 27.8 Å². The Labute approximate surface area is 107 Å². The van der Waals surface area contributed by atoms with E-state index in [4.69, 9.17) is 0 Å². The van der Waals surface area contributed by atoms with Crippen LogP contribution in [0.3, 0.4) is 0 Å². The summed E-state index contributed by atoms with van der Waals surface area (Å²) < 4.78 is 37.3. The number of nitrogens with zero attached hydrogens (tertiary/aromatic N) is 3. The highest BCUT2D eigenvalue weighted by atomic mass is 19.4. The Bertz CT molecular complexity index is 484. The highest BCUT2D eigenvalue weighted by Gasteiger charge is 2.41. The molecule has 3 heterocycles. The second-order valence-corrected chi connectivity index (χ2v) is 5.01. The van der Waals surface area contributed by atoms with E-state index in [1.54, 1.807) is 0 Å². The molecule has 2 fully saturated rings. The van der Waals surface area contributed by atoms with Crippen LogP contribution >= 0.6 is 0 Å². The summed E-state index contributed by atoms with van der Waals surface area (Å²) >= 11 is 0. The van der Waals surface area contributed by atoms with Crippen molar-refractivity contribution in [3.8, 4) is 0 Å². The summed E-state index contributed by atoms with van der Waals surface area (Å²) in [6.07, 6.45) is -0.172. The first-order valence-corrected chi connectivity index (χ1v) is 6.14. The maximum absolute atomic E-state index is 12.4. The molecule has 0 spiro atoms. The number of Topliss-reactive ketones (excluding diaryl/α,β-unsaturated/α-hetero) is 1. The molecular weight excluding hydrogens is 259 g/mol. The van der Waals surface area contributed by atoms with Crippen molar-refractivity contribution in [1.29, 1.82) is 0 Å². The zero-order valence-electron chi connectivity index (χ0n) is 10.0. The lowest BCUT2D eigenvalue weighted by atomic mass is 10.0. The number of alkyl halides is 3. The van der Waals surface area contributed by atoms with Gasteiger partial charge in [0.05, 0.1) is 5.56 Å². The summed E-state index contributed by atoms with van der Waals surface area (Å²) in [5, 5.41) is 0. The van der Waals surface area contributed by atoms with Gasteiger partial charge in [-0.2, -0.15) is 13.2 Å². The van der Waals surface area contributed by atoms with Gasteiger partial charge in [-0.15, -0.1) is 0 Å². The largest absolute Gasteiger partial charge is 0.419 e. The third-order valence-electron chi connectivity index (χ3n) is 3.74. The molecule has 19 heavy (non-hydrogen) atoms. The molecule has 102 valence electrons. The molecule has 1 aromatic heterocycles. The number of ketones is 1. The summed E-state index contributed by atoms with van der Waals surface area (Å²) in [6, 6.07) is 0.0889. The molecule has 0 radical (unpaired) electrons. The van der Waals surface area contributed by atoms with Crippen LogP contribution in [0.2, 0.25) is 0 Å². The van der Waals surface area contributed by atoms with Crippen molar-refractivity contribution < 1.29 is 18.0 Å². The Kier molecular flexibility index (Phi) is 2.72. The number of carbonyl (C=O) groups is 1. The van der Waals surface area contributed by atoms with E-state index >= 15 is 0 Å². The minimum Gasteiger partial charge on any atom is -0.334 e. The predicted molar refractivity (Wildman–Crippen MR) is 60.6 cm³/mol. The highest BCUT2D eigenvalue weighted by molar-refractivity contribution is 5.82. The minimum absolute atomic E-state index is 0.0444. The van der Waals surface area contributed by atoms with Crippen molar-refractivity contribution >= 4 is 11.7 Å². The van der Waals surface area contributed by atoms with Crippen LogP contribution in [-0.2, 0) is 11.0 Å². The third kappa shape index (κ3) is 2.17. The fourth-order valence-electron chi connectivity index (χ4n) is 2.90. The molecule has 2 unspecified atom stereocenters. The summed E-state index contributed by atoms with van der Waals surface area (Å²) in [5.74, 6) is 0.517. The van der Waals surface area contributed by atoms with Crippen LogP contribution in [0.4, 0.5) is 19.1 Å². The van der Waals surface area contributed by atoms with Crippen LogP contribution in [0.1, 0.15) is 31.2 Å². The number of carbonyl (C=O) groups excluding carboxylic acids is 1. The predicted octanol–water partition coefficient (Wildman–Crippen LogP) is 2.20. The van der Waals surface area contributed by atoms with Crippen LogP contribution in [0.25, 0.3) is 0 Å². The maximum Gasteiger partial charge on any atom is 0.419 e. The Morgan fingerprint density at radius 2 is 1.63 bits per heavy atom. The second kappa shape index (κ2) is 4.18. The van der Waals surface area contributed by atoms with E-state index in [0.717, 1.165) is 25.2 Å². The lowest BCUT2D eigenvalue weighted by molar-refractivity contribution is -0.138. The molecule has 3 rings (SSSR count). The Morgan fingerprint density at radius 1 is 1.11 bits per heavy atom. The van der Waals surface area contributed by atoms with Gasteiger partial charge in [-0.05, 0) is 12.8 Å². The zero-order chi connectivity index (χ0) is 13.6.